The summed E-state index contributed by atoms with van der Waals surface area (Å²) in [6.07, 6.45) is 1.85. The van der Waals surface area contributed by atoms with Crippen molar-refractivity contribution in [2.24, 2.45) is 0 Å². The predicted molar refractivity (Wildman–Crippen MR) is 128 cm³/mol. The molecule has 0 N–H and O–H groups in total. The van der Waals surface area contributed by atoms with Crippen LogP contribution < -0.4 is 4.90 Å². The third-order valence-electron chi connectivity index (χ3n) is 7.14. The van der Waals surface area contributed by atoms with Crippen molar-refractivity contribution in [3.8, 4) is 0 Å². The maximum Gasteiger partial charge on any atom is 0.410 e. The van der Waals surface area contributed by atoms with Crippen molar-refractivity contribution in [2.75, 3.05) is 44.2 Å². The van der Waals surface area contributed by atoms with Crippen LogP contribution >= 0.6 is 0 Å². The number of rotatable bonds is 5. The molecular weight excluding hydrogens is 398 g/mol. The minimum atomic E-state index is -0.191. The molecule has 5 nitrogen and oxygen atoms in total. The Morgan fingerprint density at radius 3 is 2.56 bits per heavy atom. The highest BCUT2D eigenvalue weighted by Gasteiger charge is 2.41. The zero-order chi connectivity index (χ0) is 22.1. The highest BCUT2D eigenvalue weighted by Crippen LogP contribution is 2.50. The van der Waals surface area contributed by atoms with Crippen LogP contribution in [0.25, 0.3) is 0 Å². The predicted octanol–water partition coefficient (Wildman–Crippen LogP) is 4.96. The quantitative estimate of drug-likeness (QED) is 0.627. The van der Waals surface area contributed by atoms with E-state index in [-0.39, 0.29) is 12.1 Å². The van der Waals surface area contributed by atoms with Crippen molar-refractivity contribution < 1.29 is 9.53 Å². The second-order valence-electron chi connectivity index (χ2n) is 9.50. The minimum Gasteiger partial charge on any atom is -0.445 e. The lowest BCUT2D eigenvalue weighted by atomic mass is 9.96. The van der Waals surface area contributed by atoms with E-state index in [1.807, 2.05) is 35.2 Å². The van der Waals surface area contributed by atoms with Gasteiger partial charge in [0.05, 0.1) is 6.04 Å². The fourth-order valence-electron chi connectivity index (χ4n) is 5.53. The molecule has 0 radical (unpaired) electrons. The van der Waals surface area contributed by atoms with E-state index in [0.717, 1.165) is 57.7 Å². The number of fused-ring (bicyclic) bond motifs is 5. The highest BCUT2D eigenvalue weighted by atomic mass is 16.6. The topological polar surface area (TPSA) is 36.0 Å². The summed E-state index contributed by atoms with van der Waals surface area (Å²) in [7, 11) is 0. The minimum absolute atomic E-state index is 0.136. The molecule has 2 aliphatic heterocycles. The summed E-state index contributed by atoms with van der Waals surface area (Å²) < 4.78 is 5.69. The number of anilines is 1. The second-order valence-corrected chi connectivity index (χ2v) is 9.50. The van der Waals surface area contributed by atoms with Crippen molar-refractivity contribution >= 4 is 11.8 Å². The van der Waals surface area contributed by atoms with Crippen molar-refractivity contribution in [1.29, 1.82) is 0 Å². The molecule has 1 aliphatic carbocycles. The van der Waals surface area contributed by atoms with Crippen LogP contribution in [0.2, 0.25) is 0 Å². The zero-order valence-electron chi connectivity index (χ0n) is 19.0. The van der Waals surface area contributed by atoms with E-state index in [1.54, 1.807) is 0 Å². The maximum absolute atomic E-state index is 13.0. The molecule has 2 aromatic carbocycles. The Labute approximate surface area is 191 Å². The number of ether oxygens (including phenoxy) is 1. The van der Waals surface area contributed by atoms with Gasteiger partial charge in [-0.3, -0.25) is 4.90 Å². The normalized spacial score (nSPS) is 22.5. The molecule has 2 bridgehead atoms. The first-order valence-electron chi connectivity index (χ1n) is 11.8. The smallest absolute Gasteiger partial charge is 0.410 e. The van der Waals surface area contributed by atoms with Gasteiger partial charge in [-0.1, -0.05) is 48.6 Å². The van der Waals surface area contributed by atoms with E-state index in [9.17, 15) is 4.79 Å². The fraction of sp³-hybridized carbons (Fsp3) is 0.444. The summed E-state index contributed by atoms with van der Waals surface area (Å²) in [6, 6.07) is 17.0. The van der Waals surface area contributed by atoms with Gasteiger partial charge >= 0.3 is 6.09 Å². The molecule has 2 aromatic rings. The molecule has 2 heterocycles. The summed E-state index contributed by atoms with van der Waals surface area (Å²) in [4.78, 5) is 19.9. The summed E-state index contributed by atoms with van der Waals surface area (Å²) in [6.45, 7) is 12.4. The summed E-state index contributed by atoms with van der Waals surface area (Å²) in [5.41, 5.74) is 6.28. The van der Waals surface area contributed by atoms with Crippen LogP contribution in [0.4, 0.5) is 10.5 Å². The number of nitrogens with zero attached hydrogens (tertiary/aromatic N) is 3. The van der Waals surface area contributed by atoms with E-state index in [4.69, 9.17) is 4.74 Å². The van der Waals surface area contributed by atoms with Gasteiger partial charge in [-0.05, 0) is 54.5 Å². The molecule has 168 valence electrons. The first-order chi connectivity index (χ1) is 15.6. The third kappa shape index (κ3) is 4.26. The molecule has 5 heteroatoms. The molecule has 2 atom stereocenters. The van der Waals surface area contributed by atoms with Gasteiger partial charge in [0.25, 0.3) is 0 Å². The number of likely N-dealkylation sites (tertiary alicyclic amines) is 1. The lowest BCUT2D eigenvalue weighted by Gasteiger charge is -2.36. The average molecular weight is 432 g/mol. The molecule has 2 saturated heterocycles. The Balaban J connectivity index is 1.27. The number of carbonyl (C=O) groups excluding carboxylic acids is 1. The van der Waals surface area contributed by atoms with Gasteiger partial charge in [0, 0.05) is 45.0 Å². The monoisotopic (exact) mass is 431 g/mol. The van der Waals surface area contributed by atoms with Crippen LogP contribution in [0.3, 0.4) is 0 Å². The lowest BCUT2D eigenvalue weighted by molar-refractivity contribution is 0.0694. The van der Waals surface area contributed by atoms with Crippen LogP contribution in [-0.4, -0.2) is 55.2 Å². The fourth-order valence-corrected chi connectivity index (χ4v) is 5.53. The number of carbonyl (C=O) groups is 1. The summed E-state index contributed by atoms with van der Waals surface area (Å²) in [5, 5.41) is 0. The number of piperazine rings is 1. The van der Waals surface area contributed by atoms with Crippen LogP contribution in [0.5, 0.6) is 0 Å². The Morgan fingerprint density at radius 1 is 1.03 bits per heavy atom. The van der Waals surface area contributed by atoms with Gasteiger partial charge in [-0.15, -0.1) is 0 Å². The first kappa shape index (κ1) is 21.1. The Bertz CT molecular complexity index is 982. The third-order valence-corrected chi connectivity index (χ3v) is 7.14. The SMILES string of the molecule is C=C(C)CN1CCN(c2ccc3c(c2)[C@H]2CC3CCN2C(=O)OCc2ccccc2)CC1. The van der Waals surface area contributed by atoms with Crippen molar-refractivity contribution in [3.05, 3.63) is 77.4 Å². The van der Waals surface area contributed by atoms with E-state index in [0.29, 0.717) is 12.5 Å². The Kier molecular flexibility index (Phi) is 5.92. The van der Waals surface area contributed by atoms with Gasteiger partial charge in [-0.2, -0.15) is 0 Å². The summed E-state index contributed by atoms with van der Waals surface area (Å²) in [5.74, 6) is 0.564. The molecule has 0 saturated carbocycles. The Hall–Kier alpha value is -2.79. The van der Waals surface area contributed by atoms with E-state index >= 15 is 0 Å². The number of hydrogen-bond donors (Lipinski definition) is 0. The molecular formula is C27H33N3O2. The Morgan fingerprint density at radius 2 is 1.81 bits per heavy atom. The van der Waals surface area contributed by atoms with Crippen LogP contribution in [0.15, 0.2) is 60.7 Å². The van der Waals surface area contributed by atoms with Gasteiger partial charge in [0.2, 0.25) is 0 Å². The largest absolute Gasteiger partial charge is 0.445 e. The van der Waals surface area contributed by atoms with Crippen molar-refractivity contribution in [3.63, 3.8) is 0 Å². The number of amides is 1. The standard InChI is InChI=1S/C27H33N3O2/c1-20(2)18-28-12-14-29(15-13-28)23-8-9-24-22-10-11-30(26(16-22)25(24)17-23)27(31)32-19-21-6-4-3-5-7-21/h3-9,17,22,26H,1,10-16,18-19H2,2H3/t22?,26-/m1/s1. The van der Waals surface area contributed by atoms with Gasteiger partial charge in [0.1, 0.15) is 6.61 Å². The second kappa shape index (κ2) is 8.99. The van der Waals surface area contributed by atoms with E-state index in [1.165, 1.54) is 22.4 Å². The lowest BCUT2D eigenvalue weighted by Crippen LogP contribution is -2.46. The maximum atomic E-state index is 13.0. The average Bonchev–Trinajstić information content (AvgIpc) is 3.09. The molecule has 1 unspecified atom stereocenters. The highest BCUT2D eigenvalue weighted by molar-refractivity contribution is 5.70. The molecule has 32 heavy (non-hydrogen) atoms. The van der Waals surface area contributed by atoms with Crippen molar-refractivity contribution in [1.82, 2.24) is 9.80 Å². The molecule has 2 fully saturated rings. The van der Waals surface area contributed by atoms with Crippen LogP contribution in [-0.2, 0) is 11.3 Å². The molecule has 1 amide bonds. The molecule has 5 rings (SSSR count). The van der Waals surface area contributed by atoms with Gasteiger partial charge in [-0.25, -0.2) is 4.79 Å². The summed E-state index contributed by atoms with van der Waals surface area (Å²) >= 11 is 0. The number of piperidine rings is 1. The zero-order valence-corrected chi connectivity index (χ0v) is 19.0. The number of hydrogen-bond acceptors (Lipinski definition) is 4. The number of benzene rings is 2. The van der Waals surface area contributed by atoms with Crippen molar-refractivity contribution in [2.45, 2.75) is 38.3 Å². The van der Waals surface area contributed by atoms with E-state index < -0.39 is 0 Å². The first-order valence-corrected chi connectivity index (χ1v) is 11.8. The van der Waals surface area contributed by atoms with Crippen LogP contribution in [0.1, 0.15) is 48.4 Å². The molecule has 3 aliphatic rings. The van der Waals surface area contributed by atoms with Gasteiger partial charge in [0.15, 0.2) is 0 Å². The van der Waals surface area contributed by atoms with E-state index in [2.05, 4.69) is 41.5 Å². The van der Waals surface area contributed by atoms with Crippen LogP contribution in [0, 0.1) is 0 Å². The molecule has 0 aromatic heterocycles. The molecule has 0 spiro atoms. The van der Waals surface area contributed by atoms with Gasteiger partial charge < -0.3 is 14.5 Å².